The van der Waals surface area contributed by atoms with E-state index in [1.54, 1.807) is 13.1 Å². The average Bonchev–Trinajstić information content (AvgIpc) is 3.35. The number of nitrogens with zero attached hydrogens (tertiary/aromatic N) is 4. The lowest BCUT2D eigenvalue weighted by molar-refractivity contribution is -0.118. The lowest BCUT2D eigenvalue weighted by atomic mass is 9.98. The van der Waals surface area contributed by atoms with Gasteiger partial charge in [-0.3, -0.25) is 9.36 Å². The van der Waals surface area contributed by atoms with Gasteiger partial charge >= 0.3 is 0 Å². The fourth-order valence-corrected chi connectivity index (χ4v) is 4.44. The molecular weight excluding hydrogens is 426 g/mol. The van der Waals surface area contributed by atoms with Gasteiger partial charge in [-0.05, 0) is 41.8 Å². The van der Waals surface area contributed by atoms with Gasteiger partial charge in [-0.1, -0.05) is 25.6 Å². The topological polar surface area (TPSA) is 105 Å². The number of hydrogen-bond acceptors (Lipinski definition) is 6. The summed E-state index contributed by atoms with van der Waals surface area (Å²) in [6, 6.07) is 11.1. The van der Waals surface area contributed by atoms with Gasteiger partial charge in [0, 0.05) is 37.3 Å². The monoisotopic (exact) mass is 451 g/mol. The van der Waals surface area contributed by atoms with Gasteiger partial charge in [0.15, 0.2) is 11.0 Å². The molecule has 2 heterocycles. The smallest absolute Gasteiger partial charge is 0.230 e. The molecule has 166 valence electrons. The number of phenolic OH excluding ortho intramolecular Hbond substituents is 2. The zero-order chi connectivity index (χ0) is 23.0. The van der Waals surface area contributed by atoms with E-state index in [1.807, 2.05) is 60.5 Å². The van der Waals surface area contributed by atoms with Crippen molar-refractivity contribution in [2.45, 2.75) is 24.9 Å². The van der Waals surface area contributed by atoms with E-state index in [0.29, 0.717) is 22.1 Å². The second-order valence-electron chi connectivity index (χ2n) is 7.86. The van der Waals surface area contributed by atoms with Crippen LogP contribution in [0.4, 0.5) is 0 Å². The number of aryl methyl sites for hydroxylation is 1. The van der Waals surface area contributed by atoms with Crippen LogP contribution >= 0.6 is 11.8 Å². The zero-order valence-electron chi connectivity index (χ0n) is 18.3. The number of phenols is 2. The summed E-state index contributed by atoms with van der Waals surface area (Å²) >= 11 is 1.26. The maximum Gasteiger partial charge on any atom is 0.230 e. The fraction of sp³-hybridized carbons (Fsp3) is 0.261. The van der Waals surface area contributed by atoms with Crippen LogP contribution in [0.15, 0.2) is 47.8 Å². The first-order chi connectivity index (χ1) is 15.3. The van der Waals surface area contributed by atoms with Crippen molar-refractivity contribution in [1.82, 2.24) is 24.6 Å². The van der Waals surface area contributed by atoms with Gasteiger partial charge in [0.1, 0.15) is 11.5 Å². The second-order valence-corrected chi connectivity index (χ2v) is 8.80. The first kappa shape index (κ1) is 21.8. The van der Waals surface area contributed by atoms with E-state index in [2.05, 4.69) is 15.5 Å². The van der Waals surface area contributed by atoms with Crippen molar-refractivity contribution in [2.24, 2.45) is 7.05 Å². The molecule has 0 saturated carbocycles. The van der Waals surface area contributed by atoms with E-state index in [9.17, 15) is 15.0 Å². The molecule has 3 N–H and O–H groups in total. The van der Waals surface area contributed by atoms with Crippen molar-refractivity contribution in [1.29, 1.82) is 0 Å². The molecule has 8 nitrogen and oxygen atoms in total. The molecule has 2 aromatic heterocycles. The zero-order valence-corrected chi connectivity index (χ0v) is 19.1. The number of aromatic hydroxyl groups is 2. The van der Waals surface area contributed by atoms with E-state index >= 15 is 0 Å². The maximum absolute atomic E-state index is 11.8. The van der Waals surface area contributed by atoms with Gasteiger partial charge in [-0.25, -0.2) is 0 Å². The molecule has 0 unspecified atom stereocenters. The predicted octanol–water partition coefficient (Wildman–Crippen LogP) is 3.80. The van der Waals surface area contributed by atoms with Crippen LogP contribution < -0.4 is 5.32 Å². The average molecular weight is 452 g/mol. The molecular formula is C23H25N5O3S. The fourth-order valence-electron chi connectivity index (χ4n) is 3.62. The summed E-state index contributed by atoms with van der Waals surface area (Å²) in [5.74, 6) is 0.476. The van der Waals surface area contributed by atoms with Gasteiger partial charge in [0.25, 0.3) is 0 Å². The summed E-state index contributed by atoms with van der Waals surface area (Å²) in [7, 11) is 3.57. The number of carbonyl (C=O) groups excluding carboxylic acids is 1. The molecule has 0 bridgehead atoms. The van der Waals surface area contributed by atoms with Gasteiger partial charge in [0.2, 0.25) is 5.91 Å². The van der Waals surface area contributed by atoms with Crippen LogP contribution in [0.2, 0.25) is 0 Å². The Kier molecular flexibility index (Phi) is 5.84. The van der Waals surface area contributed by atoms with E-state index in [1.165, 1.54) is 17.8 Å². The molecule has 0 aliphatic carbocycles. The van der Waals surface area contributed by atoms with Crippen LogP contribution in [0.25, 0.3) is 28.0 Å². The third-order valence-corrected chi connectivity index (χ3v) is 6.31. The minimum Gasteiger partial charge on any atom is -0.508 e. The molecule has 0 spiro atoms. The molecule has 0 saturated heterocycles. The summed E-state index contributed by atoms with van der Waals surface area (Å²) in [5, 5.41) is 33.8. The number of benzene rings is 2. The lowest BCUT2D eigenvalue weighted by Gasteiger charge is -2.15. The normalized spacial score (nSPS) is 11.4. The van der Waals surface area contributed by atoms with Crippen molar-refractivity contribution < 1.29 is 15.0 Å². The highest BCUT2D eigenvalue weighted by Crippen LogP contribution is 2.39. The number of fused-ring (bicyclic) bond motifs is 1. The van der Waals surface area contributed by atoms with Gasteiger partial charge in [-0.15, -0.1) is 10.2 Å². The molecule has 0 fully saturated rings. The number of nitrogens with one attached hydrogen (secondary N) is 1. The molecule has 0 aliphatic heterocycles. The molecule has 0 aliphatic rings. The third kappa shape index (κ3) is 3.91. The Morgan fingerprint density at radius 3 is 2.62 bits per heavy atom. The molecule has 9 heteroatoms. The highest BCUT2D eigenvalue weighted by atomic mass is 32.2. The van der Waals surface area contributed by atoms with Crippen molar-refractivity contribution in [3.8, 4) is 28.6 Å². The minimum atomic E-state index is -0.126. The Bertz CT molecular complexity index is 1310. The number of aromatic nitrogens is 4. The van der Waals surface area contributed by atoms with E-state index in [4.69, 9.17) is 0 Å². The van der Waals surface area contributed by atoms with Crippen LogP contribution in [0.5, 0.6) is 11.5 Å². The largest absolute Gasteiger partial charge is 0.508 e. The second kappa shape index (κ2) is 8.58. The minimum absolute atomic E-state index is 0.0345. The van der Waals surface area contributed by atoms with E-state index in [0.717, 1.165) is 16.6 Å². The van der Waals surface area contributed by atoms with Crippen LogP contribution in [-0.4, -0.2) is 48.3 Å². The Balaban J connectivity index is 1.91. The Morgan fingerprint density at radius 2 is 1.91 bits per heavy atom. The number of hydrogen-bond donors (Lipinski definition) is 3. The SMILES string of the molecule is CNC(=O)CSc1nnc(-c2cc(C(C)C)c(O)cc2O)n1-c1ccc2c(ccn2C)c1. The van der Waals surface area contributed by atoms with Gasteiger partial charge < -0.3 is 20.1 Å². The molecule has 4 rings (SSSR count). The van der Waals surface area contributed by atoms with Crippen LogP contribution in [0.3, 0.4) is 0 Å². The quantitative estimate of drug-likeness (QED) is 0.385. The lowest BCUT2D eigenvalue weighted by Crippen LogP contribution is -2.20. The highest BCUT2D eigenvalue weighted by Gasteiger charge is 2.22. The van der Waals surface area contributed by atoms with Crippen LogP contribution in [0.1, 0.15) is 25.3 Å². The Hall–Kier alpha value is -3.46. The van der Waals surface area contributed by atoms with Crippen molar-refractivity contribution in [2.75, 3.05) is 12.8 Å². The first-order valence-electron chi connectivity index (χ1n) is 10.2. The first-order valence-corrected chi connectivity index (χ1v) is 11.2. The molecule has 0 atom stereocenters. The van der Waals surface area contributed by atoms with Crippen LogP contribution in [0, 0.1) is 0 Å². The van der Waals surface area contributed by atoms with Gasteiger partial charge in [0.05, 0.1) is 17.0 Å². The van der Waals surface area contributed by atoms with Crippen molar-refractivity contribution >= 4 is 28.6 Å². The molecule has 2 aromatic carbocycles. The van der Waals surface area contributed by atoms with E-state index < -0.39 is 0 Å². The molecule has 0 radical (unpaired) electrons. The molecule has 1 amide bonds. The Labute approximate surface area is 189 Å². The van der Waals surface area contributed by atoms with Crippen molar-refractivity contribution in [3.05, 3.63) is 48.2 Å². The third-order valence-electron chi connectivity index (χ3n) is 5.38. The summed E-state index contributed by atoms with van der Waals surface area (Å²) in [4.78, 5) is 11.8. The number of carbonyl (C=O) groups is 1. The number of thioether (sulfide) groups is 1. The predicted molar refractivity (Wildman–Crippen MR) is 125 cm³/mol. The summed E-state index contributed by atoms with van der Waals surface area (Å²) in [6.07, 6.45) is 1.99. The highest BCUT2D eigenvalue weighted by molar-refractivity contribution is 7.99. The summed E-state index contributed by atoms with van der Waals surface area (Å²) in [6.45, 7) is 3.93. The van der Waals surface area contributed by atoms with Crippen molar-refractivity contribution in [3.63, 3.8) is 0 Å². The number of rotatable bonds is 6. The molecule has 32 heavy (non-hydrogen) atoms. The van der Waals surface area contributed by atoms with Gasteiger partial charge in [-0.2, -0.15) is 0 Å². The summed E-state index contributed by atoms with van der Waals surface area (Å²) in [5.41, 5.74) is 3.04. The maximum atomic E-state index is 11.8. The standard InChI is InChI=1S/C23H25N5O3S/c1-13(2)16-10-17(20(30)11-19(16)29)22-25-26-23(32-12-21(31)24-3)28(22)15-5-6-18-14(9-15)7-8-27(18)4/h5-11,13,29-30H,12H2,1-4H3,(H,24,31). The molecule has 4 aromatic rings. The van der Waals surface area contributed by atoms with E-state index in [-0.39, 0.29) is 29.1 Å². The summed E-state index contributed by atoms with van der Waals surface area (Å²) < 4.78 is 3.87. The van der Waals surface area contributed by atoms with Crippen LogP contribution in [-0.2, 0) is 11.8 Å². The number of amides is 1. The Morgan fingerprint density at radius 1 is 1.12 bits per heavy atom.